The fourth-order valence-electron chi connectivity index (χ4n) is 3.62. The lowest BCUT2D eigenvalue weighted by Crippen LogP contribution is -2.38. The molecule has 2 atom stereocenters. The molecule has 0 aromatic carbocycles. The van der Waals surface area contributed by atoms with E-state index < -0.39 is 0 Å². The van der Waals surface area contributed by atoms with Gasteiger partial charge in [0, 0.05) is 18.3 Å². The Morgan fingerprint density at radius 2 is 2.22 bits per heavy atom. The van der Waals surface area contributed by atoms with Gasteiger partial charge in [0.25, 0.3) is 0 Å². The second-order valence-electron chi connectivity index (χ2n) is 5.79. The fourth-order valence-corrected chi connectivity index (χ4v) is 3.62. The van der Waals surface area contributed by atoms with Crippen LogP contribution in [0.1, 0.15) is 43.6 Å². The minimum absolute atomic E-state index is 0.267. The Morgan fingerprint density at radius 3 is 2.94 bits per heavy atom. The Balaban J connectivity index is 1.78. The van der Waals surface area contributed by atoms with Gasteiger partial charge in [-0.15, -0.1) is 0 Å². The van der Waals surface area contributed by atoms with Crippen molar-refractivity contribution in [2.24, 2.45) is 5.41 Å². The summed E-state index contributed by atoms with van der Waals surface area (Å²) in [5, 5.41) is 3.53. The lowest BCUT2D eigenvalue weighted by molar-refractivity contribution is 0.214. The summed E-state index contributed by atoms with van der Waals surface area (Å²) in [5.74, 6) is 1.34. The maximum Gasteiger partial charge on any atom is 0.221 e. The molecule has 1 saturated carbocycles. The summed E-state index contributed by atoms with van der Waals surface area (Å²) in [6, 6.07) is 0. The summed E-state index contributed by atoms with van der Waals surface area (Å²) >= 11 is 0. The van der Waals surface area contributed by atoms with Crippen molar-refractivity contribution < 1.29 is 0 Å². The van der Waals surface area contributed by atoms with Crippen LogP contribution in [0, 0.1) is 5.41 Å². The van der Waals surface area contributed by atoms with E-state index in [0.717, 1.165) is 12.1 Å². The van der Waals surface area contributed by atoms with Crippen LogP contribution in [0.2, 0.25) is 0 Å². The highest BCUT2D eigenvalue weighted by atomic mass is 15.0. The van der Waals surface area contributed by atoms with Crippen LogP contribution in [-0.2, 0) is 0 Å². The standard InChI is InChI=1S/C13H21N5/c14-11-10(7-17-12(15)18-11)9-2-4-13(6-9)3-1-5-16-8-13/h7,9,16H,1-6,8H2,(H4,14,15,17,18). The smallest absolute Gasteiger partial charge is 0.221 e. The Hall–Kier alpha value is -1.36. The molecule has 98 valence electrons. The van der Waals surface area contributed by atoms with E-state index in [1.807, 2.05) is 6.20 Å². The molecule has 1 aromatic heterocycles. The molecule has 2 unspecified atom stereocenters. The molecule has 1 spiro atoms. The molecule has 1 aliphatic heterocycles. The molecule has 5 nitrogen and oxygen atoms in total. The highest BCUT2D eigenvalue weighted by Gasteiger charge is 2.40. The molecule has 5 heteroatoms. The van der Waals surface area contributed by atoms with E-state index in [1.54, 1.807) is 0 Å². The molecular weight excluding hydrogens is 226 g/mol. The third-order valence-corrected chi connectivity index (χ3v) is 4.57. The van der Waals surface area contributed by atoms with Gasteiger partial charge in [0.15, 0.2) is 0 Å². The molecule has 0 amide bonds. The number of aromatic nitrogens is 2. The number of nitrogen functional groups attached to an aromatic ring is 2. The molecule has 3 rings (SSSR count). The predicted molar refractivity (Wildman–Crippen MR) is 72.0 cm³/mol. The number of nitrogens with zero attached hydrogens (tertiary/aromatic N) is 2. The first kappa shape index (κ1) is 11.7. The topological polar surface area (TPSA) is 89.8 Å². The third kappa shape index (κ3) is 2.03. The largest absolute Gasteiger partial charge is 0.383 e. The number of piperidine rings is 1. The number of anilines is 2. The number of hydrogen-bond acceptors (Lipinski definition) is 5. The Bertz CT molecular complexity index is 439. The van der Waals surface area contributed by atoms with Gasteiger partial charge in [-0.05, 0) is 50.0 Å². The molecule has 0 bridgehead atoms. The van der Waals surface area contributed by atoms with Crippen LogP contribution in [0.5, 0.6) is 0 Å². The Morgan fingerprint density at radius 1 is 1.33 bits per heavy atom. The van der Waals surface area contributed by atoms with E-state index in [0.29, 0.717) is 17.2 Å². The quantitative estimate of drug-likeness (QED) is 0.695. The first-order chi connectivity index (χ1) is 8.69. The van der Waals surface area contributed by atoms with Crippen molar-refractivity contribution in [2.75, 3.05) is 24.6 Å². The second-order valence-corrected chi connectivity index (χ2v) is 5.79. The van der Waals surface area contributed by atoms with E-state index >= 15 is 0 Å². The Kier molecular flexibility index (Phi) is 2.86. The van der Waals surface area contributed by atoms with Gasteiger partial charge in [0.05, 0.1) is 0 Å². The second kappa shape index (κ2) is 4.39. The van der Waals surface area contributed by atoms with E-state index in [9.17, 15) is 0 Å². The maximum absolute atomic E-state index is 5.97. The van der Waals surface area contributed by atoms with Crippen molar-refractivity contribution >= 4 is 11.8 Å². The number of nitrogens with one attached hydrogen (secondary N) is 1. The molecule has 2 aliphatic rings. The van der Waals surface area contributed by atoms with Crippen LogP contribution in [0.15, 0.2) is 6.20 Å². The molecular formula is C13H21N5. The summed E-state index contributed by atoms with van der Waals surface area (Å²) in [7, 11) is 0. The molecule has 1 saturated heterocycles. The highest BCUT2D eigenvalue weighted by Crippen LogP contribution is 2.50. The number of rotatable bonds is 1. The number of hydrogen-bond donors (Lipinski definition) is 3. The van der Waals surface area contributed by atoms with Gasteiger partial charge in [0.2, 0.25) is 5.95 Å². The lowest BCUT2D eigenvalue weighted by Gasteiger charge is -2.34. The molecule has 0 radical (unpaired) electrons. The van der Waals surface area contributed by atoms with Crippen LogP contribution in [0.25, 0.3) is 0 Å². The maximum atomic E-state index is 5.97. The van der Waals surface area contributed by atoms with Gasteiger partial charge < -0.3 is 16.8 Å². The summed E-state index contributed by atoms with van der Waals surface area (Å²) in [6.07, 6.45) is 8.13. The van der Waals surface area contributed by atoms with Crippen LogP contribution in [0.3, 0.4) is 0 Å². The van der Waals surface area contributed by atoms with Crippen molar-refractivity contribution in [3.8, 4) is 0 Å². The zero-order valence-electron chi connectivity index (χ0n) is 10.7. The molecule has 1 aromatic rings. The normalized spacial score (nSPS) is 31.9. The van der Waals surface area contributed by atoms with Gasteiger partial charge in [-0.3, -0.25) is 0 Å². The van der Waals surface area contributed by atoms with E-state index in [-0.39, 0.29) is 5.95 Å². The molecule has 18 heavy (non-hydrogen) atoms. The minimum atomic E-state index is 0.267. The monoisotopic (exact) mass is 247 g/mol. The van der Waals surface area contributed by atoms with Crippen LogP contribution >= 0.6 is 0 Å². The van der Waals surface area contributed by atoms with Gasteiger partial charge in [-0.1, -0.05) is 0 Å². The summed E-state index contributed by atoms with van der Waals surface area (Å²) in [6.45, 7) is 2.32. The van der Waals surface area contributed by atoms with Gasteiger partial charge in [-0.25, -0.2) is 4.98 Å². The fraction of sp³-hybridized carbons (Fsp3) is 0.692. The van der Waals surface area contributed by atoms with E-state index in [2.05, 4.69) is 15.3 Å². The van der Waals surface area contributed by atoms with Crippen molar-refractivity contribution in [1.82, 2.24) is 15.3 Å². The van der Waals surface area contributed by atoms with Crippen molar-refractivity contribution in [1.29, 1.82) is 0 Å². The zero-order chi connectivity index (χ0) is 12.6. The van der Waals surface area contributed by atoms with Gasteiger partial charge >= 0.3 is 0 Å². The van der Waals surface area contributed by atoms with E-state index in [4.69, 9.17) is 11.5 Å². The molecule has 1 aliphatic carbocycles. The first-order valence-corrected chi connectivity index (χ1v) is 6.77. The SMILES string of the molecule is Nc1ncc(C2CCC3(CCCNC3)C2)c(N)n1. The van der Waals surface area contributed by atoms with Gasteiger partial charge in [-0.2, -0.15) is 4.98 Å². The molecule has 2 heterocycles. The lowest BCUT2D eigenvalue weighted by atomic mass is 9.78. The van der Waals surface area contributed by atoms with Crippen LogP contribution < -0.4 is 16.8 Å². The number of nitrogens with two attached hydrogens (primary N) is 2. The van der Waals surface area contributed by atoms with Crippen molar-refractivity contribution in [2.45, 2.75) is 38.0 Å². The zero-order valence-corrected chi connectivity index (χ0v) is 10.7. The Labute approximate surface area is 107 Å². The average molecular weight is 247 g/mol. The molecule has 5 N–H and O–H groups in total. The summed E-state index contributed by atoms with van der Waals surface area (Å²) < 4.78 is 0. The van der Waals surface area contributed by atoms with Gasteiger partial charge in [0.1, 0.15) is 5.82 Å². The third-order valence-electron chi connectivity index (χ3n) is 4.57. The summed E-state index contributed by atoms with van der Waals surface area (Å²) in [5.41, 5.74) is 13.1. The molecule has 2 fully saturated rings. The average Bonchev–Trinajstić information content (AvgIpc) is 2.74. The van der Waals surface area contributed by atoms with Crippen molar-refractivity contribution in [3.05, 3.63) is 11.8 Å². The van der Waals surface area contributed by atoms with E-state index in [1.165, 1.54) is 38.6 Å². The van der Waals surface area contributed by atoms with Crippen LogP contribution in [-0.4, -0.2) is 23.1 Å². The summed E-state index contributed by atoms with van der Waals surface area (Å²) in [4.78, 5) is 8.17. The highest BCUT2D eigenvalue weighted by molar-refractivity contribution is 5.44. The first-order valence-electron chi connectivity index (χ1n) is 6.77. The minimum Gasteiger partial charge on any atom is -0.383 e. The van der Waals surface area contributed by atoms with Crippen molar-refractivity contribution in [3.63, 3.8) is 0 Å². The van der Waals surface area contributed by atoms with Crippen LogP contribution in [0.4, 0.5) is 11.8 Å². The predicted octanol–water partition coefficient (Wildman–Crippen LogP) is 1.28.